The molecule has 0 bridgehead atoms. The van der Waals surface area contributed by atoms with E-state index in [1.54, 1.807) is 0 Å². The molecule has 0 saturated carbocycles. The van der Waals surface area contributed by atoms with Gasteiger partial charge in [-0.1, -0.05) is 0 Å². The third kappa shape index (κ3) is 5.04. The van der Waals surface area contributed by atoms with Gasteiger partial charge in [0.1, 0.15) is 0 Å². The molecular formula is C38H35IrOP2. The van der Waals surface area contributed by atoms with Gasteiger partial charge in [0.05, 0.1) is 0 Å². The summed E-state index contributed by atoms with van der Waals surface area (Å²) in [6.07, 6.45) is 1.27. The van der Waals surface area contributed by atoms with Crippen molar-refractivity contribution in [1.29, 1.82) is 0 Å². The van der Waals surface area contributed by atoms with Crippen molar-refractivity contribution in [2.45, 2.75) is 4.93 Å². The standard InChI is InChI=1S/2C18H15P.C2H3O.Ir/c2*1-4-10-16(11-5-1)19(17-12-6-2-7-13-17)18-14-8-3-9-15-18;1-2-3;/h2*1-15H;2H,1H2;/q;;;-2/p+2. The summed E-state index contributed by atoms with van der Waals surface area (Å²) in [5.74, 6) is 0. The molecule has 6 aromatic carbocycles. The summed E-state index contributed by atoms with van der Waals surface area (Å²) in [5, 5.41) is 8.41. The average Bonchev–Trinajstić information content (AvgIpc) is 3.08. The van der Waals surface area contributed by atoms with Gasteiger partial charge >= 0.3 is 256 Å². The molecule has 0 aliphatic carbocycles. The van der Waals surface area contributed by atoms with Crippen LogP contribution in [0.2, 0.25) is 4.93 Å². The quantitative estimate of drug-likeness (QED) is 0.115. The molecule has 6 aromatic rings. The first-order valence-electron chi connectivity index (χ1n) is 14.2. The monoisotopic (exact) mass is 762 g/mol. The summed E-state index contributed by atoms with van der Waals surface area (Å²) in [7, 11) is 0. The Hall–Kier alpha value is -3.50. The molecule has 0 radical (unpaired) electrons. The molecule has 212 valence electrons. The van der Waals surface area contributed by atoms with Crippen LogP contribution < -0.4 is 31.8 Å². The molecule has 0 N–H and O–H groups in total. The molecular weight excluding hydrogens is 727 g/mol. The van der Waals surface area contributed by atoms with Crippen molar-refractivity contribution in [3.05, 3.63) is 182 Å². The zero-order valence-corrected chi connectivity index (χ0v) is 27.7. The van der Waals surface area contributed by atoms with E-state index in [2.05, 4.69) is 182 Å². The third-order valence-corrected chi connectivity index (χ3v) is 56.9. The number of hydrogen-bond acceptors (Lipinski definition) is 1. The van der Waals surface area contributed by atoms with Gasteiger partial charge in [-0.2, -0.15) is 0 Å². The van der Waals surface area contributed by atoms with Crippen molar-refractivity contribution >= 4 is 49.1 Å². The Balaban J connectivity index is 1.86. The van der Waals surface area contributed by atoms with Crippen molar-refractivity contribution in [2.24, 2.45) is 0 Å². The predicted octanol–water partition coefficient (Wildman–Crippen LogP) is 6.50. The van der Waals surface area contributed by atoms with Gasteiger partial charge in [-0.15, -0.1) is 0 Å². The Morgan fingerprint density at radius 2 is 0.548 bits per heavy atom. The minimum atomic E-state index is -2.76. The molecule has 0 amide bonds. The molecule has 0 saturated heterocycles. The number of carbonyl (C=O) groups excluding carboxylic acids is 1. The van der Waals surface area contributed by atoms with Crippen LogP contribution in [0, 0.1) is 0 Å². The van der Waals surface area contributed by atoms with Crippen LogP contribution in [0.5, 0.6) is 0 Å². The van der Waals surface area contributed by atoms with E-state index in [9.17, 15) is 4.79 Å². The topological polar surface area (TPSA) is 17.1 Å². The second-order valence-corrected chi connectivity index (χ2v) is 39.4. The molecule has 42 heavy (non-hydrogen) atoms. The van der Waals surface area contributed by atoms with Gasteiger partial charge in [0.2, 0.25) is 0 Å². The van der Waals surface area contributed by atoms with Crippen molar-refractivity contribution in [1.82, 2.24) is 0 Å². The van der Waals surface area contributed by atoms with Crippen molar-refractivity contribution in [3.8, 4) is 0 Å². The van der Waals surface area contributed by atoms with Gasteiger partial charge in [-0.25, -0.2) is 0 Å². The van der Waals surface area contributed by atoms with E-state index in [0.717, 1.165) is 0 Å². The van der Waals surface area contributed by atoms with Crippen LogP contribution in [0.4, 0.5) is 0 Å². The summed E-state index contributed by atoms with van der Waals surface area (Å²) in [6, 6.07) is 67.2. The summed E-state index contributed by atoms with van der Waals surface area (Å²) < 4.78 is 0. The Bertz CT molecular complexity index is 1380. The molecule has 4 heteroatoms. The SMILES string of the molecule is O=C[CH2][Ir]([PH](c1ccccc1)(c1ccccc1)c1ccccc1)[PH](c1ccccc1)(c1ccccc1)c1ccccc1. The van der Waals surface area contributed by atoms with E-state index >= 15 is 0 Å². The van der Waals surface area contributed by atoms with Crippen LogP contribution in [-0.4, -0.2) is 6.29 Å². The number of hydrogen-bond donors (Lipinski definition) is 0. The predicted molar refractivity (Wildman–Crippen MR) is 184 cm³/mol. The van der Waals surface area contributed by atoms with Crippen LogP contribution in [0.25, 0.3) is 0 Å². The average molecular weight is 762 g/mol. The number of aldehydes is 1. The van der Waals surface area contributed by atoms with E-state index in [-0.39, 0.29) is 0 Å². The van der Waals surface area contributed by atoms with Gasteiger partial charge in [0.15, 0.2) is 0 Å². The van der Waals surface area contributed by atoms with Gasteiger partial charge in [0.25, 0.3) is 0 Å². The normalized spacial score (nSPS) is 12.7. The van der Waals surface area contributed by atoms with Gasteiger partial charge in [0, 0.05) is 0 Å². The number of rotatable bonds is 10. The van der Waals surface area contributed by atoms with Crippen LogP contribution in [0.1, 0.15) is 0 Å². The molecule has 0 unspecified atom stereocenters. The minimum absolute atomic E-state index is 0.621. The summed E-state index contributed by atoms with van der Waals surface area (Å²) in [6.45, 7) is 0. The van der Waals surface area contributed by atoms with Gasteiger partial charge in [-0.3, -0.25) is 0 Å². The third-order valence-electron chi connectivity index (χ3n) is 7.75. The van der Waals surface area contributed by atoms with Crippen LogP contribution in [0.15, 0.2) is 182 Å². The van der Waals surface area contributed by atoms with E-state index in [4.69, 9.17) is 0 Å². The molecule has 1 nitrogen and oxygen atoms in total. The maximum atomic E-state index is 13.2. The van der Waals surface area contributed by atoms with Crippen molar-refractivity contribution in [3.63, 3.8) is 0 Å². The fourth-order valence-corrected chi connectivity index (χ4v) is 69.4. The first kappa shape index (κ1) is 28.6. The van der Waals surface area contributed by atoms with Crippen molar-refractivity contribution in [2.75, 3.05) is 0 Å². The second kappa shape index (κ2) is 13.2. The summed E-state index contributed by atoms with van der Waals surface area (Å²) >= 11 is -2.63. The van der Waals surface area contributed by atoms with Gasteiger partial charge in [-0.05, 0) is 0 Å². The molecule has 6 rings (SSSR count). The summed E-state index contributed by atoms with van der Waals surface area (Å²) in [5.41, 5.74) is -5.52. The molecule has 0 aliphatic rings. The maximum absolute atomic E-state index is 13.2. The Labute approximate surface area is 255 Å². The van der Waals surface area contributed by atoms with Crippen molar-refractivity contribution < 1.29 is 20.3 Å². The summed E-state index contributed by atoms with van der Waals surface area (Å²) in [4.78, 5) is 13.8. The van der Waals surface area contributed by atoms with E-state index in [1.807, 2.05) is 0 Å². The number of carbonyl (C=O) groups is 1. The van der Waals surface area contributed by atoms with E-state index in [0.29, 0.717) is 4.93 Å². The Kier molecular flexibility index (Phi) is 9.00. The fraction of sp³-hybridized carbons (Fsp3) is 0.0263. The zero-order valence-electron chi connectivity index (χ0n) is 23.3. The van der Waals surface area contributed by atoms with Crippen LogP contribution in [-0.2, 0) is 20.3 Å². The first-order chi connectivity index (χ1) is 20.8. The molecule has 0 aromatic heterocycles. The molecule has 0 aliphatic heterocycles. The Morgan fingerprint density at radius 3 is 0.714 bits per heavy atom. The zero-order chi connectivity index (χ0) is 28.7. The Morgan fingerprint density at radius 1 is 0.357 bits per heavy atom. The molecule has 0 fully saturated rings. The first-order valence-corrected chi connectivity index (χ1v) is 26.7. The van der Waals surface area contributed by atoms with Crippen LogP contribution in [0.3, 0.4) is 0 Å². The molecule has 0 spiro atoms. The fourth-order valence-electron chi connectivity index (χ4n) is 6.11. The van der Waals surface area contributed by atoms with E-state index in [1.165, 1.54) is 38.1 Å². The van der Waals surface area contributed by atoms with E-state index < -0.39 is 26.5 Å². The molecule has 0 heterocycles. The number of benzene rings is 6. The van der Waals surface area contributed by atoms with Crippen LogP contribution >= 0.6 is 11.0 Å². The molecule has 0 atom stereocenters. The van der Waals surface area contributed by atoms with Gasteiger partial charge < -0.3 is 0 Å². The second-order valence-electron chi connectivity index (χ2n) is 10.1.